The first-order valence-corrected chi connectivity index (χ1v) is 6.93. The van der Waals surface area contributed by atoms with E-state index < -0.39 is 0 Å². The second-order valence-corrected chi connectivity index (χ2v) is 5.46. The Hall–Kier alpha value is -1.16. The van der Waals surface area contributed by atoms with E-state index in [2.05, 4.69) is 34.0 Å². The minimum Gasteiger partial charge on any atom is -0.356 e. The van der Waals surface area contributed by atoms with Crippen molar-refractivity contribution in [3.05, 3.63) is 18.1 Å². The molecule has 0 saturated carbocycles. The van der Waals surface area contributed by atoms with Crippen LogP contribution in [0.15, 0.2) is 12.3 Å². The topological polar surface area (TPSA) is 41.1 Å². The molecule has 0 spiro atoms. The van der Waals surface area contributed by atoms with Crippen LogP contribution in [0.25, 0.3) is 0 Å². The number of hydrogen-bond acceptors (Lipinski definition) is 4. The number of piperidine rings is 1. The van der Waals surface area contributed by atoms with Gasteiger partial charge in [-0.25, -0.2) is 9.97 Å². The van der Waals surface area contributed by atoms with Crippen LogP contribution in [0.2, 0.25) is 0 Å². The van der Waals surface area contributed by atoms with Crippen molar-refractivity contribution < 1.29 is 0 Å². The molecule has 1 aliphatic heterocycles. The van der Waals surface area contributed by atoms with Gasteiger partial charge in [-0.15, -0.1) is 0 Å². The van der Waals surface area contributed by atoms with Gasteiger partial charge in [0, 0.05) is 25.3 Å². The Morgan fingerprint density at radius 2 is 2.11 bits per heavy atom. The third-order valence-corrected chi connectivity index (χ3v) is 3.51. The van der Waals surface area contributed by atoms with Crippen molar-refractivity contribution in [3.8, 4) is 0 Å². The molecule has 4 nitrogen and oxygen atoms in total. The van der Waals surface area contributed by atoms with Gasteiger partial charge < -0.3 is 10.2 Å². The van der Waals surface area contributed by atoms with Crippen molar-refractivity contribution in [2.75, 3.05) is 24.5 Å². The summed E-state index contributed by atoms with van der Waals surface area (Å²) in [5.41, 5.74) is 0. The Balaban J connectivity index is 1.83. The molecular formula is C14H24N4. The Morgan fingerprint density at radius 3 is 2.72 bits per heavy atom. The minimum atomic E-state index is 0.590. The highest BCUT2D eigenvalue weighted by Gasteiger charge is 2.20. The molecule has 0 aliphatic carbocycles. The average Bonchev–Trinajstić information content (AvgIpc) is 2.37. The van der Waals surface area contributed by atoms with E-state index in [1.54, 1.807) is 0 Å². The third kappa shape index (κ3) is 3.67. The van der Waals surface area contributed by atoms with Gasteiger partial charge in [0.05, 0.1) is 0 Å². The number of rotatable bonds is 4. The van der Waals surface area contributed by atoms with Gasteiger partial charge in [0.15, 0.2) is 0 Å². The summed E-state index contributed by atoms with van der Waals surface area (Å²) in [6, 6.07) is 2.60. The Labute approximate surface area is 110 Å². The second kappa shape index (κ2) is 6.14. The van der Waals surface area contributed by atoms with Crippen molar-refractivity contribution in [2.45, 2.75) is 39.7 Å². The highest BCUT2D eigenvalue weighted by Crippen LogP contribution is 2.21. The minimum absolute atomic E-state index is 0.590. The van der Waals surface area contributed by atoms with Crippen LogP contribution >= 0.6 is 0 Å². The van der Waals surface area contributed by atoms with E-state index in [1.807, 2.05) is 19.2 Å². The number of nitrogens with zero attached hydrogens (tertiary/aromatic N) is 3. The SMILES string of the molecule is Cc1nccc(N2CCC(CNC(C)C)CC2)n1. The largest absolute Gasteiger partial charge is 0.356 e. The van der Waals surface area contributed by atoms with Crippen LogP contribution in [0.1, 0.15) is 32.5 Å². The molecule has 0 radical (unpaired) electrons. The molecule has 1 saturated heterocycles. The maximum absolute atomic E-state index is 4.50. The first kappa shape index (κ1) is 13.3. The molecule has 1 fully saturated rings. The van der Waals surface area contributed by atoms with Crippen LogP contribution in [0.3, 0.4) is 0 Å². The van der Waals surface area contributed by atoms with Crippen LogP contribution in [0.5, 0.6) is 0 Å². The maximum atomic E-state index is 4.50. The molecule has 1 N–H and O–H groups in total. The Morgan fingerprint density at radius 1 is 1.39 bits per heavy atom. The Bertz CT molecular complexity index is 370. The zero-order chi connectivity index (χ0) is 13.0. The average molecular weight is 248 g/mol. The standard InChI is InChI=1S/C14H24N4/c1-11(2)16-10-13-5-8-18(9-6-13)14-4-7-15-12(3)17-14/h4,7,11,13,16H,5-6,8-10H2,1-3H3. The molecule has 0 atom stereocenters. The van der Waals surface area contributed by atoms with Gasteiger partial charge in [0.2, 0.25) is 0 Å². The molecule has 0 bridgehead atoms. The molecule has 4 heteroatoms. The molecule has 0 unspecified atom stereocenters. The molecule has 18 heavy (non-hydrogen) atoms. The molecule has 0 amide bonds. The number of nitrogens with one attached hydrogen (secondary N) is 1. The first-order chi connectivity index (χ1) is 8.65. The zero-order valence-corrected chi connectivity index (χ0v) is 11.7. The predicted molar refractivity (Wildman–Crippen MR) is 74.8 cm³/mol. The molecule has 1 aliphatic rings. The molecule has 1 aromatic rings. The van der Waals surface area contributed by atoms with Gasteiger partial charge in [-0.2, -0.15) is 0 Å². The molecule has 0 aromatic carbocycles. The van der Waals surface area contributed by atoms with Crippen LogP contribution < -0.4 is 10.2 Å². The summed E-state index contributed by atoms with van der Waals surface area (Å²) in [5, 5.41) is 3.53. The van der Waals surface area contributed by atoms with Gasteiger partial charge in [-0.1, -0.05) is 13.8 Å². The summed E-state index contributed by atoms with van der Waals surface area (Å²) < 4.78 is 0. The van der Waals surface area contributed by atoms with Crippen molar-refractivity contribution >= 4 is 5.82 Å². The van der Waals surface area contributed by atoms with Gasteiger partial charge in [-0.3, -0.25) is 0 Å². The molecule has 2 rings (SSSR count). The number of aromatic nitrogens is 2. The summed E-state index contributed by atoms with van der Waals surface area (Å²) in [6.07, 6.45) is 4.36. The lowest BCUT2D eigenvalue weighted by Gasteiger charge is -2.33. The normalized spacial score (nSPS) is 17.4. The fraction of sp³-hybridized carbons (Fsp3) is 0.714. The molecule has 2 heterocycles. The van der Waals surface area contributed by atoms with Crippen molar-refractivity contribution in [2.24, 2.45) is 5.92 Å². The van der Waals surface area contributed by atoms with Gasteiger partial charge in [-0.05, 0) is 38.3 Å². The highest BCUT2D eigenvalue weighted by atomic mass is 15.2. The smallest absolute Gasteiger partial charge is 0.132 e. The van der Waals surface area contributed by atoms with E-state index in [4.69, 9.17) is 0 Å². The highest BCUT2D eigenvalue weighted by molar-refractivity contribution is 5.37. The molecular weight excluding hydrogens is 224 g/mol. The molecule has 100 valence electrons. The fourth-order valence-corrected chi connectivity index (χ4v) is 2.39. The lowest BCUT2D eigenvalue weighted by atomic mass is 9.96. The zero-order valence-electron chi connectivity index (χ0n) is 11.7. The predicted octanol–water partition coefficient (Wildman–Crippen LogP) is 2.00. The van der Waals surface area contributed by atoms with E-state index in [0.29, 0.717) is 6.04 Å². The summed E-state index contributed by atoms with van der Waals surface area (Å²) in [5.74, 6) is 2.75. The monoisotopic (exact) mass is 248 g/mol. The van der Waals surface area contributed by atoms with E-state index >= 15 is 0 Å². The van der Waals surface area contributed by atoms with E-state index in [-0.39, 0.29) is 0 Å². The summed E-state index contributed by atoms with van der Waals surface area (Å²) >= 11 is 0. The summed E-state index contributed by atoms with van der Waals surface area (Å²) in [4.78, 5) is 11.0. The summed E-state index contributed by atoms with van der Waals surface area (Å²) in [6.45, 7) is 9.73. The van der Waals surface area contributed by atoms with E-state index in [9.17, 15) is 0 Å². The van der Waals surface area contributed by atoms with Gasteiger partial charge in [0.1, 0.15) is 11.6 Å². The van der Waals surface area contributed by atoms with E-state index in [1.165, 1.54) is 12.8 Å². The third-order valence-electron chi connectivity index (χ3n) is 3.51. The first-order valence-electron chi connectivity index (χ1n) is 6.93. The number of hydrogen-bond donors (Lipinski definition) is 1. The van der Waals surface area contributed by atoms with E-state index in [0.717, 1.165) is 37.2 Å². The van der Waals surface area contributed by atoms with Crippen LogP contribution in [0.4, 0.5) is 5.82 Å². The van der Waals surface area contributed by atoms with Crippen molar-refractivity contribution in [1.82, 2.24) is 15.3 Å². The van der Waals surface area contributed by atoms with Crippen LogP contribution in [0, 0.1) is 12.8 Å². The quantitative estimate of drug-likeness (QED) is 0.885. The van der Waals surface area contributed by atoms with Crippen LogP contribution in [-0.4, -0.2) is 35.6 Å². The summed E-state index contributed by atoms with van der Waals surface area (Å²) in [7, 11) is 0. The lowest BCUT2D eigenvalue weighted by Crippen LogP contribution is -2.39. The molecule has 1 aromatic heterocycles. The number of aryl methyl sites for hydroxylation is 1. The van der Waals surface area contributed by atoms with Gasteiger partial charge >= 0.3 is 0 Å². The number of anilines is 1. The maximum Gasteiger partial charge on any atom is 0.132 e. The van der Waals surface area contributed by atoms with Crippen molar-refractivity contribution in [3.63, 3.8) is 0 Å². The lowest BCUT2D eigenvalue weighted by molar-refractivity contribution is 0.369. The Kier molecular flexibility index (Phi) is 4.53. The van der Waals surface area contributed by atoms with Crippen molar-refractivity contribution in [1.29, 1.82) is 0 Å². The van der Waals surface area contributed by atoms with Crippen LogP contribution in [-0.2, 0) is 0 Å². The fourth-order valence-electron chi connectivity index (χ4n) is 2.39. The van der Waals surface area contributed by atoms with Gasteiger partial charge in [0.25, 0.3) is 0 Å². The second-order valence-electron chi connectivity index (χ2n) is 5.46.